The van der Waals surface area contributed by atoms with Crippen LogP contribution in [0.25, 0.3) is 0 Å². The third-order valence-electron chi connectivity index (χ3n) is 3.76. The summed E-state index contributed by atoms with van der Waals surface area (Å²) in [5, 5.41) is 0. The molecule has 0 aliphatic rings. The number of ether oxygens (including phenoxy) is 1. The highest BCUT2D eigenvalue weighted by Gasteiger charge is 2.15. The first-order chi connectivity index (χ1) is 8.65. The zero-order valence-electron chi connectivity index (χ0n) is 12.0. The van der Waals surface area contributed by atoms with Crippen LogP contribution in [0.4, 0.5) is 0 Å². The van der Waals surface area contributed by atoms with Crippen molar-refractivity contribution in [3.8, 4) is 5.75 Å². The van der Waals surface area contributed by atoms with Gasteiger partial charge in [-0.2, -0.15) is 0 Å². The van der Waals surface area contributed by atoms with Crippen LogP contribution in [-0.4, -0.2) is 7.11 Å². The predicted octanol–water partition coefficient (Wildman–Crippen LogP) is 3.33. The minimum absolute atomic E-state index is 0.199. The Morgan fingerprint density at radius 3 is 2.44 bits per heavy atom. The Balaban J connectivity index is 2.87. The number of methoxy groups -OCH3 is 1. The van der Waals surface area contributed by atoms with E-state index in [2.05, 4.69) is 37.5 Å². The molecule has 0 saturated carbocycles. The number of hydrazine groups is 1. The molecule has 0 radical (unpaired) electrons. The number of hydrogen-bond acceptors (Lipinski definition) is 3. The van der Waals surface area contributed by atoms with Crippen LogP contribution < -0.4 is 16.0 Å². The first-order valence-corrected chi connectivity index (χ1v) is 6.76. The molecule has 0 amide bonds. The fourth-order valence-electron chi connectivity index (χ4n) is 2.31. The van der Waals surface area contributed by atoms with Crippen LogP contribution in [0, 0.1) is 12.8 Å². The maximum atomic E-state index is 5.70. The van der Waals surface area contributed by atoms with Crippen LogP contribution in [0.5, 0.6) is 5.75 Å². The van der Waals surface area contributed by atoms with E-state index in [1.807, 2.05) is 6.92 Å². The number of hydrogen-bond donors (Lipinski definition) is 2. The molecule has 1 aromatic carbocycles. The first-order valence-electron chi connectivity index (χ1n) is 6.76. The minimum Gasteiger partial charge on any atom is -0.496 e. The Morgan fingerprint density at radius 2 is 1.94 bits per heavy atom. The van der Waals surface area contributed by atoms with Gasteiger partial charge in [0.1, 0.15) is 5.75 Å². The van der Waals surface area contributed by atoms with Gasteiger partial charge in [-0.1, -0.05) is 38.8 Å². The Hall–Kier alpha value is -1.06. The monoisotopic (exact) mass is 250 g/mol. The second-order valence-electron chi connectivity index (χ2n) is 4.87. The highest BCUT2D eigenvalue weighted by Crippen LogP contribution is 2.28. The van der Waals surface area contributed by atoms with Crippen LogP contribution in [0.2, 0.25) is 0 Å². The van der Waals surface area contributed by atoms with Crippen LogP contribution in [0.15, 0.2) is 18.2 Å². The third-order valence-corrected chi connectivity index (χ3v) is 3.76. The molecule has 1 aromatic rings. The Labute approximate surface area is 111 Å². The third kappa shape index (κ3) is 3.72. The van der Waals surface area contributed by atoms with Gasteiger partial charge in [0.05, 0.1) is 7.11 Å². The maximum absolute atomic E-state index is 5.70. The zero-order valence-corrected chi connectivity index (χ0v) is 12.0. The largest absolute Gasteiger partial charge is 0.496 e. The van der Waals surface area contributed by atoms with Crippen molar-refractivity contribution >= 4 is 0 Å². The maximum Gasteiger partial charge on any atom is 0.122 e. The molecule has 3 nitrogen and oxygen atoms in total. The lowest BCUT2D eigenvalue weighted by atomic mass is 9.91. The molecule has 3 N–H and O–H groups in total. The van der Waals surface area contributed by atoms with Gasteiger partial charge < -0.3 is 4.74 Å². The van der Waals surface area contributed by atoms with Crippen molar-refractivity contribution < 1.29 is 4.74 Å². The molecular formula is C15H26N2O. The van der Waals surface area contributed by atoms with E-state index < -0.39 is 0 Å². The molecule has 0 heterocycles. The zero-order chi connectivity index (χ0) is 13.5. The lowest BCUT2D eigenvalue weighted by molar-refractivity contribution is 0.372. The molecule has 18 heavy (non-hydrogen) atoms. The lowest BCUT2D eigenvalue weighted by Crippen LogP contribution is -2.29. The average molecular weight is 250 g/mol. The Kier molecular flexibility index (Phi) is 6.16. The van der Waals surface area contributed by atoms with Crippen LogP contribution >= 0.6 is 0 Å². The van der Waals surface area contributed by atoms with Crippen molar-refractivity contribution in [1.29, 1.82) is 0 Å². The van der Waals surface area contributed by atoms with Crippen molar-refractivity contribution in [2.24, 2.45) is 11.8 Å². The summed E-state index contributed by atoms with van der Waals surface area (Å²) >= 11 is 0. The Morgan fingerprint density at radius 1 is 1.28 bits per heavy atom. The molecule has 1 unspecified atom stereocenters. The van der Waals surface area contributed by atoms with Crippen LogP contribution in [0.3, 0.4) is 0 Å². The highest BCUT2D eigenvalue weighted by molar-refractivity contribution is 5.37. The minimum atomic E-state index is 0.199. The second-order valence-corrected chi connectivity index (χ2v) is 4.87. The molecule has 0 aliphatic carbocycles. The summed E-state index contributed by atoms with van der Waals surface area (Å²) in [5.74, 6) is 7.34. The molecule has 0 aromatic heterocycles. The highest BCUT2D eigenvalue weighted by atomic mass is 16.5. The lowest BCUT2D eigenvalue weighted by Gasteiger charge is -2.22. The van der Waals surface area contributed by atoms with E-state index in [0.717, 1.165) is 17.7 Å². The van der Waals surface area contributed by atoms with Crippen LogP contribution in [-0.2, 0) is 0 Å². The van der Waals surface area contributed by atoms with Crippen molar-refractivity contribution in [2.45, 2.75) is 46.1 Å². The van der Waals surface area contributed by atoms with Gasteiger partial charge in [0.15, 0.2) is 0 Å². The summed E-state index contributed by atoms with van der Waals surface area (Å²) in [6.45, 7) is 6.52. The SMILES string of the molecule is CCC(CC)CC(NN)c1ccc(C)c(OC)c1. The van der Waals surface area contributed by atoms with Gasteiger partial charge in [-0.3, -0.25) is 11.3 Å². The smallest absolute Gasteiger partial charge is 0.122 e. The van der Waals surface area contributed by atoms with E-state index in [9.17, 15) is 0 Å². The fourth-order valence-corrected chi connectivity index (χ4v) is 2.31. The standard InChI is InChI=1S/C15H26N2O/c1-5-12(6-2)9-14(17-16)13-8-7-11(3)15(10-13)18-4/h7-8,10,12,14,17H,5-6,9,16H2,1-4H3. The predicted molar refractivity (Wildman–Crippen MR) is 76.5 cm³/mol. The van der Waals surface area contributed by atoms with Gasteiger partial charge in [-0.15, -0.1) is 0 Å². The normalized spacial score (nSPS) is 12.8. The summed E-state index contributed by atoms with van der Waals surface area (Å²) in [4.78, 5) is 0. The quantitative estimate of drug-likeness (QED) is 0.576. The number of nitrogens with two attached hydrogens (primary N) is 1. The number of nitrogens with one attached hydrogen (secondary N) is 1. The molecule has 0 bridgehead atoms. The molecule has 0 fully saturated rings. The molecule has 0 aliphatic heterocycles. The van der Waals surface area contributed by atoms with Crippen molar-refractivity contribution in [2.75, 3.05) is 7.11 Å². The molecule has 0 saturated heterocycles. The summed E-state index contributed by atoms with van der Waals surface area (Å²) < 4.78 is 5.37. The van der Waals surface area contributed by atoms with E-state index in [-0.39, 0.29) is 6.04 Å². The van der Waals surface area contributed by atoms with E-state index in [4.69, 9.17) is 10.6 Å². The van der Waals surface area contributed by atoms with E-state index in [1.54, 1.807) is 7.11 Å². The Bertz CT molecular complexity index is 362. The van der Waals surface area contributed by atoms with Gasteiger partial charge in [0, 0.05) is 6.04 Å². The first kappa shape index (κ1) is 15.0. The van der Waals surface area contributed by atoms with Gasteiger partial charge in [-0.25, -0.2) is 0 Å². The second kappa shape index (κ2) is 7.39. The van der Waals surface area contributed by atoms with Crippen molar-refractivity contribution in [3.05, 3.63) is 29.3 Å². The number of benzene rings is 1. The van der Waals surface area contributed by atoms with Crippen LogP contribution in [0.1, 0.15) is 50.3 Å². The fraction of sp³-hybridized carbons (Fsp3) is 0.600. The summed E-state index contributed by atoms with van der Waals surface area (Å²) in [6, 6.07) is 6.50. The molecule has 3 heteroatoms. The van der Waals surface area contributed by atoms with Gasteiger partial charge in [0.2, 0.25) is 0 Å². The number of aryl methyl sites for hydroxylation is 1. The molecule has 1 atom stereocenters. The van der Waals surface area contributed by atoms with E-state index >= 15 is 0 Å². The van der Waals surface area contributed by atoms with Gasteiger partial charge in [0.25, 0.3) is 0 Å². The molecule has 102 valence electrons. The van der Waals surface area contributed by atoms with Crippen molar-refractivity contribution in [3.63, 3.8) is 0 Å². The average Bonchev–Trinajstić information content (AvgIpc) is 2.41. The van der Waals surface area contributed by atoms with E-state index in [1.165, 1.54) is 18.4 Å². The van der Waals surface area contributed by atoms with E-state index in [0.29, 0.717) is 5.92 Å². The molecule has 0 spiro atoms. The van der Waals surface area contributed by atoms with Gasteiger partial charge >= 0.3 is 0 Å². The summed E-state index contributed by atoms with van der Waals surface area (Å²) in [6.07, 6.45) is 3.45. The van der Waals surface area contributed by atoms with Gasteiger partial charge in [-0.05, 0) is 36.5 Å². The van der Waals surface area contributed by atoms with Crippen molar-refractivity contribution in [1.82, 2.24) is 5.43 Å². The summed E-state index contributed by atoms with van der Waals surface area (Å²) in [5.41, 5.74) is 5.29. The molecular weight excluding hydrogens is 224 g/mol. The number of rotatable bonds is 7. The summed E-state index contributed by atoms with van der Waals surface area (Å²) in [7, 11) is 1.71. The molecule has 1 rings (SSSR count). The topological polar surface area (TPSA) is 47.3 Å².